The molecule has 23 heavy (non-hydrogen) atoms. The third kappa shape index (κ3) is 4.61. The van der Waals surface area contributed by atoms with Gasteiger partial charge in [0.2, 0.25) is 11.8 Å². The van der Waals surface area contributed by atoms with E-state index < -0.39 is 0 Å². The van der Waals surface area contributed by atoms with Gasteiger partial charge in [-0.25, -0.2) is 0 Å². The maximum Gasteiger partial charge on any atom is 0.228 e. The van der Waals surface area contributed by atoms with E-state index in [1.54, 1.807) is 18.2 Å². The van der Waals surface area contributed by atoms with Crippen molar-refractivity contribution < 1.29 is 9.59 Å². The number of carbonyl (C=O) groups excluding carboxylic acids is 2. The van der Waals surface area contributed by atoms with Gasteiger partial charge in [-0.15, -0.1) is 0 Å². The molecule has 1 N–H and O–H groups in total. The second kappa shape index (κ2) is 8.02. The van der Waals surface area contributed by atoms with Crippen LogP contribution in [0.1, 0.15) is 33.1 Å². The molecule has 1 aliphatic carbocycles. The zero-order valence-electron chi connectivity index (χ0n) is 13.4. The van der Waals surface area contributed by atoms with Crippen LogP contribution in [0.15, 0.2) is 18.2 Å². The first-order valence-electron chi connectivity index (χ1n) is 8.02. The van der Waals surface area contributed by atoms with Gasteiger partial charge in [0.15, 0.2) is 0 Å². The van der Waals surface area contributed by atoms with Gasteiger partial charge in [-0.2, -0.15) is 0 Å². The zero-order chi connectivity index (χ0) is 17.0. The lowest BCUT2D eigenvalue weighted by Gasteiger charge is -2.21. The molecule has 2 unspecified atom stereocenters. The topological polar surface area (TPSA) is 49.4 Å². The van der Waals surface area contributed by atoms with E-state index >= 15 is 0 Å². The molecular weight excluding hydrogens is 335 g/mol. The summed E-state index contributed by atoms with van der Waals surface area (Å²) in [6, 6.07) is 4.91. The van der Waals surface area contributed by atoms with Gasteiger partial charge in [-0.3, -0.25) is 9.59 Å². The summed E-state index contributed by atoms with van der Waals surface area (Å²) in [4.78, 5) is 26.6. The van der Waals surface area contributed by atoms with Crippen LogP contribution in [0, 0.1) is 11.8 Å². The molecule has 1 aliphatic rings. The molecule has 2 amide bonds. The van der Waals surface area contributed by atoms with E-state index in [0.29, 0.717) is 22.2 Å². The molecule has 0 spiro atoms. The molecule has 0 heterocycles. The molecule has 0 saturated heterocycles. The lowest BCUT2D eigenvalue weighted by Crippen LogP contribution is -2.34. The lowest BCUT2D eigenvalue weighted by atomic mass is 10.2. The lowest BCUT2D eigenvalue weighted by molar-refractivity contribution is -0.134. The highest BCUT2D eigenvalue weighted by Gasteiger charge is 2.49. The summed E-state index contributed by atoms with van der Waals surface area (Å²) in [6.45, 7) is 5.59. The second-order valence-electron chi connectivity index (χ2n) is 5.89. The SMILES string of the molecule is CCCN(CCC)C(=O)C1CC1C(=O)Nc1cc(Cl)ccc1Cl. The fourth-order valence-electron chi connectivity index (χ4n) is 2.68. The minimum atomic E-state index is -0.270. The van der Waals surface area contributed by atoms with Crippen molar-refractivity contribution in [2.45, 2.75) is 33.1 Å². The van der Waals surface area contributed by atoms with E-state index in [-0.39, 0.29) is 23.7 Å². The van der Waals surface area contributed by atoms with Gasteiger partial charge in [0.25, 0.3) is 0 Å². The Balaban J connectivity index is 1.95. The number of benzene rings is 1. The normalized spacial score (nSPS) is 19.3. The van der Waals surface area contributed by atoms with Crippen molar-refractivity contribution in [3.05, 3.63) is 28.2 Å². The summed E-state index contributed by atoms with van der Waals surface area (Å²) in [5, 5.41) is 3.71. The Morgan fingerprint density at radius 2 is 1.83 bits per heavy atom. The van der Waals surface area contributed by atoms with Gasteiger partial charge in [0.1, 0.15) is 0 Å². The van der Waals surface area contributed by atoms with Crippen LogP contribution in [-0.4, -0.2) is 29.8 Å². The minimum Gasteiger partial charge on any atom is -0.342 e. The van der Waals surface area contributed by atoms with E-state index in [0.717, 1.165) is 25.9 Å². The van der Waals surface area contributed by atoms with Crippen molar-refractivity contribution in [2.24, 2.45) is 11.8 Å². The molecule has 1 aromatic rings. The van der Waals surface area contributed by atoms with Crippen LogP contribution in [0.2, 0.25) is 10.0 Å². The predicted octanol–water partition coefficient (Wildman–Crippen LogP) is 4.22. The molecule has 0 aromatic heterocycles. The van der Waals surface area contributed by atoms with E-state index in [4.69, 9.17) is 23.2 Å². The van der Waals surface area contributed by atoms with E-state index in [9.17, 15) is 9.59 Å². The Bertz CT molecular complexity index is 586. The van der Waals surface area contributed by atoms with Gasteiger partial charge < -0.3 is 10.2 Å². The molecule has 2 rings (SSSR count). The van der Waals surface area contributed by atoms with Crippen LogP contribution in [0.4, 0.5) is 5.69 Å². The van der Waals surface area contributed by atoms with Crippen molar-refractivity contribution >= 4 is 40.7 Å². The summed E-state index contributed by atoms with van der Waals surface area (Å²) >= 11 is 12.0. The average Bonchev–Trinajstić information content (AvgIpc) is 3.30. The first-order chi connectivity index (χ1) is 11.0. The zero-order valence-corrected chi connectivity index (χ0v) is 15.0. The Morgan fingerprint density at radius 1 is 1.17 bits per heavy atom. The minimum absolute atomic E-state index is 0.0889. The van der Waals surface area contributed by atoms with Gasteiger partial charge >= 0.3 is 0 Å². The average molecular weight is 357 g/mol. The smallest absolute Gasteiger partial charge is 0.228 e. The van der Waals surface area contributed by atoms with Gasteiger partial charge in [0.05, 0.1) is 22.5 Å². The molecule has 4 nitrogen and oxygen atoms in total. The summed E-state index contributed by atoms with van der Waals surface area (Å²) < 4.78 is 0. The van der Waals surface area contributed by atoms with Crippen molar-refractivity contribution in [2.75, 3.05) is 18.4 Å². The number of hydrogen-bond donors (Lipinski definition) is 1. The summed E-state index contributed by atoms with van der Waals surface area (Å²) in [6.07, 6.45) is 2.45. The maximum atomic E-state index is 12.5. The number of amides is 2. The first-order valence-corrected chi connectivity index (χ1v) is 8.78. The largest absolute Gasteiger partial charge is 0.342 e. The Morgan fingerprint density at radius 3 is 2.43 bits per heavy atom. The van der Waals surface area contributed by atoms with Gasteiger partial charge in [-0.1, -0.05) is 37.0 Å². The Hall–Kier alpha value is -1.26. The summed E-state index contributed by atoms with van der Waals surface area (Å²) in [5.74, 6) is -0.550. The van der Waals surface area contributed by atoms with Crippen molar-refractivity contribution in [3.8, 4) is 0 Å². The van der Waals surface area contributed by atoms with Crippen LogP contribution in [-0.2, 0) is 9.59 Å². The number of nitrogens with one attached hydrogen (secondary N) is 1. The number of anilines is 1. The highest BCUT2D eigenvalue weighted by atomic mass is 35.5. The molecule has 1 saturated carbocycles. The molecule has 2 atom stereocenters. The Labute approximate surface area is 147 Å². The third-order valence-electron chi connectivity index (χ3n) is 3.93. The van der Waals surface area contributed by atoms with Crippen LogP contribution in [0.25, 0.3) is 0 Å². The molecular formula is C17H22Cl2N2O2. The highest BCUT2D eigenvalue weighted by Crippen LogP contribution is 2.41. The maximum absolute atomic E-state index is 12.5. The second-order valence-corrected chi connectivity index (χ2v) is 6.73. The van der Waals surface area contributed by atoms with E-state index in [2.05, 4.69) is 5.32 Å². The first kappa shape index (κ1) is 18.1. The molecule has 0 aliphatic heterocycles. The van der Waals surface area contributed by atoms with E-state index in [1.165, 1.54) is 0 Å². The fraction of sp³-hybridized carbons (Fsp3) is 0.529. The Kier molecular flexibility index (Phi) is 6.31. The number of carbonyl (C=O) groups is 2. The third-order valence-corrected chi connectivity index (χ3v) is 4.49. The van der Waals surface area contributed by atoms with Crippen molar-refractivity contribution in [1.29, 1.82) is 0 Å². The van der Waals surface area contributed by atoms with Crippen molar-refractivity contribution in [3.63, 3.8) is 0 Å². The fourth-order valence-corrected chi connectivity index (χ4v) is 3.02. The number of halogens is 2. The predicted molar refractivity (Wildman–Crippen MR) is 93.9 cm³/mol. The molecule has 1 fully saturated rings. The van der Waals surface area contributed by atoms with Crippen LogP contribution in [0.3, 0.4) is 0 Å². The molecule has 0 radical (unpaired) electrons. The molecule has 0 bridgehead atoms. The van der Waals surface area contributed by atoms with E-state index in [1.807, 2.05) is 18.7 Å². The molecule has 6 heteroatoms. The summed E-state index contributed by atoms with van der Waals surface area (Å²) in [7, 11) is 0. The van der Waals surface area contributed by atoms with Crippen LogP contribution < -0.4 is 5.32 Å². The van der Waals surface area contributed by atoms with Gasteiger partial charge in [0, 0.05) is 18.1 Å². The van der Waals surface area contributed by atoms with Gasteiger partial charge in [-0.05, 0) is 37.5 Å². The monoisotopic (exact) mass is 356 g/mol. The van der Waals surface area contributed by atoms with Crippen molar-refractivity contribution in [1.82, 2.24) is 4.90 Å². The van der Waals surface area contributed by atoms with Crippen LogP contribution in [0.5, 0.6) is 0 Å². The molecule has 1 aromatic carbocycles. The quantitative estimate of drug-likeness (QED) is 0.794. The number of hydrogen-bond acceptors (Lipinski definition) is 2. The summed E-state index contributed by atoms with van der Waals surface area (Å²) in [5.41, 5.74) is 0.487. The van der Waals surface area contributed by atoms with Crippen LogP contribution >= 0.6 is 23.2 Å². The number of nitrogens with zero attached hydrogens (tertiary/aromatic N) is 1. The number of rotatable bonds is 7. The standard InChI is InChI=1S/C17H22Cl2N2O2/c1-3-7-21(8-4-2)17(23)13-10-12(13)16(22)20-15-9-11(18)5-6-14(15)19/h5-6,9,12-13H,3-4,7-8,10H2,1-2H3,(H,20,22). The highest BCUT2D eigenvalue weighted by molar-refractivity contribution is 6.35. The molecule has 126 valence electrons.